The number of primary amides is 1. The zero-order valence-corrected chi connectivity index (χ0v) is 12.6. The molecule has 0 fully saturated rings. The monoisotopic (exact) mass is 356 g/mol. The van der Waals surface area contributed by atoms with Crippen LogP contribution in [0.3, 0.4) is 0 Å². The van der Waals surface area contributed by atoms with E-state index >= 15 is 0 Å². The van der Waals surface area contributed by atoms with Crippen LogP contribution in [0.1, 0.15) is 15.9 Å². The smallest absolute Gasteiger partial charge is 0.250 e. The molecular formula is C14H11BrClFN2O. The van der Waals surface area contributed by atoms with Crippen LogP contribution in [0.15, 0.2) is 40.9 Å². The van der Waals surface area contributed by atoms with Crippen LogP contribution in [0.4, 0.5) is 10.1 Å². The summed E-state index contributed by atoms with van der Waals surface area (Å²) in [6, 6.07) is 9.54. The van der Waals surface area contributed by atoms with Gasteiger partial charge in [-0.15, -0.1) is 0 Å². The highest BCUT2D eigenvalue weighted by molar-refractivity contribution is 9.10. The number of nitrogens with one attached hydrogen (secondary N) is 1. The van der Waals surface area contributed by atoms with Crippen LogP contribution in [0.5, 0.6) is 0 Å². The number of hydrogen-bond donors (Lipinski definition) is 2. The lowest BCUT2D eigenvalue weighted by molar-refractivity contribution is 0.100. The minimum Gasteiger partial charge on any atom is -0.380 e. The number of nitrogens with two attached hydrogens (primary N) is 1. The fraction of sp³-hybridized carbons (Fsp3) is 0.0714. The molecule has 6 heteroatoms. The van der Waals surface area contributed by atoms with Crippen LogP contribution in [0.2, 0.25) is 5.02 Å². The van der Waals surface area contributed by atoms with Gasteiger partial charge in [0.25, 0.3) is 5.91 Å². The predicted octanol–water partition coefficient (Wildman–Crippen LogP) is 3.95. The average Bonchev–Trinajstić information content (AvgIpc) is 2.38. The quantitative estimate of drug-likeness (QED) is 0.870. The Morgan fingerprint density at radius 3 is 2.70 bits per heavy atom. The molecule has 2 aromatic rings. The maximum absolute atomic E-state index is 13.7. The largest absolute Gasteiger partial charge is 0.380 e. The summed E-state index contributed by atoms with van der Waals surface area (Å²) in [4.78, 5) is 11.3. The maximum Gasteiger partial charge on any atom is 0.250 e. The van der Waals surface area contributed by atoms with Crippen LogP contribution in [-0.4, -0.2) is 5.91 Å². The normalized spacial score (nSPS) is 10.3. The minimum atomic E-state index is -0.591. The topological polar surface area (TPSA) is 55.1 Å². The molecule has 3 N–H and O–H groups in total. The summed E-state index contributed by atoms with van der Waals surface area (Å²) in [5, 5.41) is 3.40. The SMILES string of the molecule is NC(=O)c1cc(Cl)ccc1NCc1ccc(Br)cc1F. The second-order valence-corrected chi connectivity index (χ2v) is 5.50. The van der Waals surface area contributed by atoms with Crippen molar-refractivity contribution >= 4 is 39.1 Å². The maximum atomic E-state index is 13.7. The van der Waals surface area contributed by atoms with Gasteiger partial charge in [-0.2, -0.15) is 0 Å². The van der Waals surface area contributed by atoms with Crippen LogP contribution in [0.25, 0.3) is 0 Å². The number of halogens is 3. The van der Waals surface area contributed by atoms with Crippen molar-refractivity contribution in [1.29, 1.82) is 0 Å². The predicted molar refractivity (Wildman–Crippen MR) is 81.4 cm³/mol. The van der Waals surface area contributed by atoms with Crippen molar-refractivity contribution in [3.8, 4) is 0 Å². The van der Waals surface area contributed by atoms with E-state index in [-0.39, 0.29) is 17.9 Å². The lowest BCUT2D eigenvalue weighted by atomic mass is 10.1. The van der Waals surface area contributed by atoms with Crippen molar-refractivity contribution in [3.63, 3.8) is 0 Å². The van der Waals surface area contributed by atoms with E-state index < -0.39 is 5.91 Å². The lowest BCUT2D eigenvalue weighted by Gasteiger charge is -2.11. The van der Waals surface area contributed by atoms with Crippen molar-refractivity contribution in [3.05, 3.63) is 62.8 Å². The van der Waals surface area contributed by atoms with Gasteiger partial charge in [0.15, 0.2) is 0 Å². The Morgan fingerprint density at radius 2 is 2.05 bits per heavy atom. The molecule has 2 rings (SSSR count). The molecule has 0 saturated heterocycles. The number of amides is 1. The van der Waals surface area contributed by atoms with Crippen molar-refractivity contribution < 1.29 is 9.18 Å². The summed E-state index contributed by atoms with van der Waals surface area (Å²) >= 11 is 9.01. The summed E-state index contributed by atoms with van der Waals surface area (Å²) in [7, 11) is 0. The van der Waals surface area contributed by atoms with Gasteiger partial charge in [0.2, 0.25) is 0 Å². The second-order valence-electron chi connectivity index (χ2n) is 4.14. The van der Waals surface area contributed by atoms with Gasteiger partial charge >= 0.3 is 0 Å². The van der Waals surface area contributed by atoms with E-state index in [1.54, 1.807) is 24.3 Å². The summed E-state index contributed by atoms with van der Waals surface area (Å²) in [5.74, 6) is -0.923. The molecular weight excluding hydrogens is 347 g/mol. The zero-order chi connectivity index (χ0) is 14.7. The second kappa shape index (κ2) is 6.24. The molecule has 20 heavy (non-hydrogen) atoms. The molecule has 0 aliphatic rings. The number of benzene rings is 2. The van der Waals surface area contributed by atoms with E-state index in [1.807, 2.05) is 0 Å². The lowest BCUT2D eigenvalue weighted by Crippen LogP contribution is -2.14. The molecule has 0 atom stereocenters. The fourth-order valence-corrected chi connectivity index (χ4v) is 2.24. The Morgan fingerprint density at radius 1 is 1.30 bits per heavy atom. The van der Waals surface area contributed by atoms with E-state index in [9.17, 15) is 9.18 Å². The first-order chi connectivity index (χ1) is 9.47. The number of carbonyl (C=O) groups excluding carboxylic acids is 1. The molecule has 0 unspecified atom stereocenters. The zero-order valence-electron chi connectivity index (χ0n) is 10.3. The highest BCUT2D eigenvalue weighted by atomic mass is 79.9. The first-order valence-electron chi connectivity index (χ1n) is 5.74. The van der Waals surface area contributed by atoms with Gasteiger partial charge in [-0.3, -0.25) is 4.79 Å². The highest BCUT2D eigenvalue weighted by Gasteiger charge is 2.10. The number of carbonyl (C=O) groups is 1. The molecule has 1 amide bonds. The van der Waals surface area contributed by atoms with Crippen LogP contribution >= 0.6 is 27.5 Å². The Kier molecular flexibility index (Phi) is 4.62. The Balaban J connectivity index is 2.20. The van der Waals surface area contributed by atoms with Gasteiger partial charge in [0, 0.05) is 27.3 Å². The third-order valence-corrected chi connectivity index (χ3v) is 3.46. The number of hydrogen-bond acceptors (Lipinski definition) is 2. The molecule has 2 aromatic carbocycles. The summed E-state index contributed by atoms with van der Waals surface area (Å²) in [6.07, 6.45) is 0. The standard InChI is InChI=1S/C14H11BrClFN2O/c15-9-2-1-8(12(17)5-9)7-19-13-4-3-10(16)6-11(13)14(18)20/h1-6,19H,7H2,(H2,18,20). The first kappa shape index (κ1) is 14.8. The van der Waals surface area contributed by atoms with Crippen molar-refractivity contribution in [1.82, 2.24) is 0 Å². The summed E-state index contributed by atoms with van der Waals surface area (Å²) in [6.45, 7) is 0.237. The van der Waals surface area contributed by atoms with Crippen molar-refractivity contribution in [2.24, 2.45) is 5.73 Å². The van der Waals surface area contributed by atoms with Crippen molar-refractivity contribution in [2.75, 3.05) is 5.32 Å². The van der Waals surface area contributed by atoms with E-state index in [1.165, 1.54) is 12.1 Å². The fourth-order valence-electron chi connectivity index (χ4n) is 1.73. The van der Waals surface area contributed by atoms with Gasteiger partial charge in [0.1, 0.15) is 5.82 Å². The molecule has 0 aliphatic carbocycles. The third-order valence-electron chi connectivity index (χ3n) is 2.73. The molecule has 0 aliphatic heterocycles. The molecule has 0 saturated carbocycles. The molecule has 0 aromatic heterocycles. The highest BCUT2D eigenvalue weighted by Crippen LogP contribution is 2.22. The van der Waals surface area contributed by atoms with Gasteiger partial charge < -0.3 is 11.1 Å². The van der Waals surface area contributed by atoms with Crippen LogP contribution < -0.4 is 11.1 Å². The van der Waals surface area contributed by atoms with E-state index in [0.717, 1.165) is 0 Å². The summed E-state index contributed by atoms with van der Waals surface area (Å²) < 4.78 is 14.4. The Bertz CT molecular complexity index is 664. The molecule has 3 nitrogen and oxygen atoms in total. The van der Waals surface area contributed by atoms with Crippen molar-refractivity contribution in [2.45, 2.75) is 6.54 Å². The number of rotatable bonds is 4. The van der Waals surface area contributed by atoms with E-state index in [0.29, 0.717) is 20.7 Å². The van der Waals surface area contributed by atoms with E-state index in [4.69, 9.17) is 17.3 Å². The van der Waals surface area contributed by atoms with Gasteiger partial charge in [-0.25, -0.2) is 4.39 Å². The Labute approximate surface area is 129 Å². The molecule has 0 bridgehead atoms. The summed E-state index contributed by atoms with van der Waals surface area (Å²) in [5.41, 5.74) is 6.56. The average molecular weight is 358 g/mol. The van der Waals surface area contributed by atoms with Gasteiger partial charge in [0.05, 0.1) is 5.56 Å². The van der Waals surface area contributed by atoms with Gasteiger partial charge in [-0.1, -0.05) is 33.6 Å². The van der Waals surface area contributed by atoms with Gasteiger partial charge in [-0.05, 0) is 30.3 Å². The first-order valence-corrected chi connectivity index (χ1v) is 6.91. The molecule has 0 radical (unpaired) electrons. The van der Waals surface area contributed by atoms with Crippen LogP contribution in [-0.2, 0) is 6.54 Å². The minimum absolute atomic E-state index is 0.237. The van der Waals surface area contributed by atoms with Crippen LogP contribution in [0, 0.1) is 5.82 Å². The molecule has 104 valence electrons. The molecule has 0 heterocycles. The van der Waals surface area contributed by atoms with E-state index in [2.05, 4.69) is 21.2 Å². The third kappa shape index (κ3) is 3.49. The Hall–Kier alpha value is -1.59. The number of anilines is 1. The molecule has 0 spiro atoms.